The van der Waals surface area contributed by atoms with Crippen LogP contribution in [0.2, 0.25) is 0 Å². The summed E-state index contributed by atoms with van der Waals surface area (Å²) in [5.74, 6) is 0. The topological polar surface area (TPSA) is 58.6 Å². The van der Waals surface area contributed by atoms with Crippen molar-refractivity contribution in [2.45, 2.75) is 6.92 Å². The first kappa shape index (κ1) is 7.60. The predicted octanol–water partition coefficient (Wildman–Crippen LogP) is 1.47. The van der Waals surface area contributed by atoms with Gasteiger partial charge in [0, 0.05) is 11.3 Å². The Morgan fingerprint density at radius 1 is 1.55 bits per heavy atom. The molecule has 11 heavy (non-hydrogen) atoms. The van der Waals surface area contributed by atoms with Gasteiger partial charge in [-0.2, -0.15) is 0 Å². The Bertz CT molecular complexity index is 281. The minimum atomic E-state index is 0.567. The number of anilines is 1. The predicted molar refractivity (Wildman–Crippen MR) is 44.9 cm³/mol. The van der Waals surface area contributed by atoms with Crippen LogP contribution >= 0.6 is 0 Å². The first-order valence-corrected chi connectivity index (χ1v) is 3.28. The monoisotopic (exact) mass is 150 g/mol. The molecule has 58 valence electrons. The zero-order valence-corrected chi connectivity index (χ0v) is 6.28. The van der Waals surface area contributed by atoms with Crippen molar-refractivity contribution in [1.82, 2.24) is 0 Å². The lowest BCUT2D eigenvalue weighted by molar-refractivity contribution is 0.319. The molecule has 0 aliphatic rings. The van der Waals surface area contributed by atoms with E-state index in [1.165, 1.54) is 0 Å². The molecule has 0 aliphatic heterocycles. The Labute approximate surface area is 65.1 Å². The third-order valence-electron chi connectivity index (χ3n) is 1.45. The Hall–Kier alpha value is -1.51. The minimum absolute atomic E-state index is 0.567. The molecule has 0 saturated heterocycles. The third kappa shape index (κ3) is 1.70. The minimum Gasteiger partial charge on any atom is -0.411 e. The number of oxime groups is 1. The molecule has 0 spiro atoms. The van der Waals surface area contributed by atoms with E-state index in [2.05, 4.69) is 5.16 Å². The molecule has 3 nitrogen and oxygen atoms in total. The van der Waals surface area contributed by atoms with E-state index in [1.54, 1.807) is 19.1 Å². The van der Waals surface area contributed by atoms with E-state index >= 15 is 0 Å². The molecule has 0 radical (unpaired) electrons. The fraction of sp³-hybridized carbons (Fsp3) is 0.125. The highest BCUT2D eigenvalue weighted by Crippen LogP contribution is 2.06. The molecule has 0 aliphatic carbocycles. The van der Waals surface area contributed by atoms with Gasteiger partial charge in [-0.1, -0.05) is 17.3 Å². The van der Waals surface area contributed by atoms with Gasteiger partial charge in [0.2, 0.25) is 0 Å². The van der Waals surface area contributed by atoms with Crippen LogP contribution in [0.4, 0.5) is 5.69 Å². The molecule has 0 bridgehead atoms. The van der Waals surface area contributed by atoms with E-state index in [0.717, 1.165) is 5.56 Å². The van der Waals surface area contributed by atoms with E-state index in [1.807, 2.05) is 12.1 Å². The van der Waals surface area contributed by atoms with Crippen molar-refractivity contribution in [3.8, 4) is 0 Å². The smallest absolute Gasteiger partial charge is 0.0837 e. The van der Waals surface area contributed by atoms with Gasteiger partial charge in [0.25, 0.3) is 0 Å². The van der Waals surface area contributed by atoms with Crippen LogP contribution in [-0.4, -0.2) is 10.9 Å². The molecule has 1 aromatic rings. The second kappa shape index (κ2) is 3.05. The fourth-order valence-electron chi connectivity index (χ4n) is 0.821. The maximum atomic E-state index is 8.43. The van der Waals surface area contributed by atoms with Gasteiger partial charge in [-0.15, -0.1) is 0 Å². The number of hydrogen-bond acceptors (Lipinski definition) is 3. The molecule has 0 atom stereocenters. The molecular formula is C8H10N2O. The normalized spacial score (nSPS) is 11.5. The number of nitrogen functional groups attached to an aromatic ring is 1. The molecule has 0 heterocycles. The van der Waals surface area contributed by atoms with E-state index < -0.39 is 0 Å². The number of nitrogens with zero attached hydrogens (tertiary/aromatic N) is 1. The molecule has 1 aromatic carbocycles. The summed E-state index contributed by atoms with van der Waals surface area (Å²) in [5.41, 5.74) is 7.59. The summed E-state index contributed by atoms with van der Waals surface area (Å²) in [6, 6.07) is 7.20. The van der Waals surface area contributed by atoms with Crippen molar-refractivity contribution in [2.75, 3.05) is 5.73 Å². The van der Waals surface area contributed by atoms with Gasteiger partial charge in [-0.25, -0.2) is 0 Å². The molecule has 3 heteroatoms. The Balaban J connectivity index is 3.06. The number of rotatable bonds is 1. The standard InChI is InChI=1S/C8H10N2O/c1-6(10-11)7-3-2-4-8(9)5-7/h2-5,11H,9H2,1H3/b10-6-. The summed E-state index contributed by atoms with van der Waals surface area (Å²) in [6.07, 6.45) is 0. The SMILES string of the molecule is C/C(=N/O)c1cccc(N)c1. The highest BCUT2D eigenvalue weighted by molar-refractivity contribution is 5.98. The van der Waals surface area contributed by atoms with Crippen LogP contribution in [0.5, 0.6) is 0 Å². The fourth-order valence-corrected chi connectivity index (χ4v) is 0.821. The summed E-state index contributed by atoms with van der Waals surface area (Å²) in [6.45, 7) is 1.72. The second-order valence-electron chi connectivity index (χ2n) is 2.31. The van der Waals surface area contributed by atoms with Crippen molar-refractivity contribution in [3.63, 3.8) is 0 Å². The van der Waals surface area contributed by atoms with Crippen LogP contribution in [0.15, 0.2) is 29.4 Å². The van der Waals surface area contributed by atoms with E-state index in [9.17, 15) is 0 Å². The van der Waals surface area contributed by atoms with Crippen LogP contribution < -0.4 is 5.73 Å². The van der Waals surface area contributed by atoms with Gasteiger partial charge in [0.05, 0.1) is 5.71 Å². The maximum Gasteiger partial charge on any atom is 0.0837 e. The molecule has 0 saturated carbocycles. The molecule has 0 fully saturated rings. The highest BCUT2D eigenvalue weighted by atomic mass is 16.4. The lowest BCUT2D eigenvalue weighted by Crippen LogP contribution is -1.95. The van der Waals surface area contributed by atoms with Crippen molar-refractivity contribution < 1.29 is 5.21 Å². The molecule has 3 N–H and O–H groups in total. The average Bonchev–Trinajstić information content (AvgIpc) is 2.03. The maximum absolute atomic E-state index is 8.43. The quantitative estimate of drug-likeness (QED) is 0.275. The largest absolute Gasteiger partial charge is 0.411 e. The van der Waals surface area contributed by atoms with E-state index in [-0.39, 0.29) is 0 Å². The Morgan fingerprint density at radius 3 is 2.82 bits per heavy atom. The van der Waals surface area contributed by atoms with E-state index in [0.29, 0.717) is 11.4 Å². The van der Waals surface area contributed by atoms with Gasteiger partial charge in [0.15, 0.2) is 0 Å². The van der Waals surface area contributed by atoms with Crippen LogP contribution in [0.25, 0.3) is 0 Å². The number of benzene rings is 1. The number of nitrogens with two attached hydrogens (primary N) is 1. The molecule has 1 rings (SSSR count). The van der Waals surface area contributed by atoms with Crippen molar-refractivity contribution in [3.05, 3.63) is 29.8 Å². The van der Waals surface area contributed by atoms with Crippen molar-refractivity contribution >= 4 is 11.4 Å². The van der Waals surface area contributed by atoms with Gasteiger partial charge < -0.3 is 10.9 Å². The molecule has 0 aromatic heterocycles. The third-order valence-corrected chi connectivity index (χ3v) is 1.45. The van der Waals surface area contributed by atoms with Gasteiger partial charge in [0.1, 0.15) is 0 Å². The lowest BCUT2D eigenvalue weighted by Gasteiger charge is -1.98. The van der Waals surface area contributed by atoms with Crippen molar-refractivity contribution in [2.24, 2.45) is 5.16 Å². The van der Waals surface area contributed by atoms with Crippen LogP contribution in [0.1, 0.15) is 12.5 Å². The highest BCUT2D eigenvalue weighted by Gasteiger charge is 1.95. The van der Waals surface area contributed by atoms with Crippen LogP contribution in [0.3, 0.4) is 0 Å². The molecule has 0 amide bonds. The summed E-state index contributed by atoms with van der Waals surface area (Å²) < 4.78 is 0. The molecule has 0 unspecified atom stereocenters. The summed E-state index contributed by atoms with van der Waals surface area (Å²) in [7, 11) is 0. The van der Waals surface area contributed by atoms with E-state index in [4.69, 9.17) is 10.9 Å². The Kier molecular flexibility index (Phi) is 2.11. The number of hydrogen-bond donors (Lipinski definition) is 2. The van der Waals surface area contributed by atoms with Gasteiger partial charge >= 0.3 is 0 Å². The van der Waals surface area contributed by atoms with Crippen LogP contribution in [-0.2, 0) is 0 Å². The summed E-state index contributed by atoms with van der Waals surface area (Å²) in [5, 5.41) is 11.5. The van der Waals surface area contributed by atoms with Gasteiger partial charge in [-0.3, -0.25) is 0 Å². The first-order valence-electron chi connectivity index (χ1n) is 3.28. The second-order valence-corrected chi connectivity index (χ2v) is 2.31. The zero-order chi connectivity index (χ0) is 8.27. The van der Waals surface area contributed by atoms with Gasteiger partial charge in [-0.05, 0) is 19.1 Å². The summed E-state index contributed by atoms with van der Waals surface area (Å²) >= 11 is 0. The lowest BCUT2D eigenvalue weighted by atomic mass is 10.1. The average molecular weight is 150 g/mol. The zero-order valence-electron chi connectivity index (χ0n) is 6.28. The van der Waals surface area contributed by atoms with Crippen molar-refractivity contribution in [1.29, 1.82) is 0 Å². The first-order chi connectivity index (χ1) is 5.24. The van der Waals surface area contributed by atoms with Crippen LogP contribution in [0, 0.1) is 0 Å². The Morgan fingerprint density at radius 2 is 2.27 bits per heavy atom. The molecular weight excluding hydrogens is 140 g/mol. The summed E-state index contributed by atoms with van der Waals surface area (Å²) in [4.78, 5) is 0.